The predicted octanol–water partition coefficient (Wildman–Crippen LogP) is 2.18. The summed E-state index contributed by atoms with van der Waals surface area (Å²) in [4.78, 5) is 6.61. The largest absolute Gasteiger partial charge is 0.493 e. The summed E-state index contributed by atoms with van der Waals surface area (Å²) in [5, 5.41) is 3.35. The van der Waals surface area contributed by atoms with Crippen LogP contribution in [0.15, 0.2) is 17.1 Å². The minimum atomic E-state index is -0.871. The highest BCUT2D eigenvalue weighted by atomic mass is 32.2. The molecule has 1 aromatic rings. The SMILES string of the molecule is CN=C(NCCS(=O)C(C)(C)C)N1CCc2cc(OC)c(OC)cc2C1. The average molecular weight is 382 g/mol. The Kier molecular flexibility index (Phi) is 6.92. The van der Waals surface area contributed by atoms with Crippen molar-refractivity contribution in [3.8, 4) is 11.5 Å². The molecule has 0 amide bonds. The number of benzene rings is 1. The van der Waals surface area contributed by atoms with Gasteiger partial charge in [0.25, 0.3) is 0 Å². The number of nitrogens with one attached hydrogen (secondary N) is 1. The van der Waals surface area contributed by atoms with Crippen LogP contribution < -0.4 is 14.8 Å². The van der Waals surface area contributed by atoms with Gasteiger partial charge >= 0.3 is 0 Å². The van der Waals surface area contributed by atoms with Crippen molar-refractivity contribution < 1.29 is 13.7 Å². The van der Waals surface area contributed by atoms with E-state index in [1.165, 1.54) is 11.1 Å². The molecular weight excluding hydrogens is 350 g/mol. The summed E-state index contributed by atoms with van der Waals surface area (Å²) in [6, 6.07) is 4.11. The second-order valence-corrected chi connectivity index (χ2v) is 9.61. The molecule has 6 nitrogen and oxygen atoms in total. The number of hydrogen-bond acceptors (Lipinski definition) is 4. The van der Waals surface area contributed by atoms with Gasteiger partial charge in [0.1, 0.15) is 0 Å². The van der Waals surface area contributed by atoms with E-state index in [1.807, 2.05) is 26.8 Å². The zero-order valence-electron chi connectivity index (χ0n) is 16.7. The summed E-state index contributed by atoms with van der Waals surface area (Å²) in [6.07, 6.45) is 0.921. The zero-order valence-corrected chi connectivity index (χ0v) is 17.5. The van der Waals surface area contributed by atoms with E-state index in [4.69, 9.17) is 9.47 Å². The van der Waals surface area contributed by atoms with Gasteiger partial charge in [0.05, 0.1) is 14.2 Å². The maximum Gasteiger partial charge on any atom is 0.193 e. The summed E-state index contributed by atoms with van der Waals surface area (Å²) in [5.74, 6) is 2.97. The molecule has 7 heteroatoms. The number of hydrogen-bond donors (Lipinski definition) is 1. The monoisotopic (exact) mass is 381 g/mol. The van der Waals surface area contributed by atoms with Crippen molar-refractivity contribution in [2.24, 2.45) is 4.99 Å². The number of rotatable bonds is 5. The van der Waals surface area contributed by atoms with Gasteiger partial charge in [-0.3, -0.25) is 9.20 Å². The van der Waals surface area contributed by atoms with Crippen LogP contribution in [0.3, 0.4) is 0 Å². The highest BCUT2D eigenvalue weighted by Gasteiger charge is 2.22. The molecule has 0 fully saturated rings. The minimum absolute atomic E-state index is 0.190. The van der Waals surface area contributed by atoms with Gasteiger partial charge in [0.2, 0.25) is 0 Å². The smallest absolute Gasteiger partial charge is 0.193 e. The van der Waals surface area contributed by atoms with E-state index in [0.29, 0.717) is 12.3 Å². The Labute approximate surface area is 159 Å². The van der Waals surface area contributed by atoms with Gasteiger partial charge in [0.15, 0.2) is 17.5 Å². The summed E-state index contributed by atoms with van der Waals surface area (Å²) < 4.78 is 22.8. The second-order valence-electron chi connectivity index (χ2n) is 7.28. The normalized spacial score (nSPS) is 16.1. The van der Waals surface area contributed by atoms with Crippen molar-refractivity contribution in [2.45, 2.75) is 38.5 Å². The molecule has 1 N–H and O–H groups in total. The van der Waals surface area contributed by atoms with Crippen molar-refractivity contribution >= 4 is 16.8 Å². The van der Waals surface area contributed by atoms with Crippen LogP contribution in [-0.4, -0.2) is 59.9 Å². The first-order valence-corrected chi connectivity index (χ1v) is 10.2. The second kappa shape index (κ2) is 8.75. The van der Waals surface area contributed by atoms with Gasteiger partial charge in [-0.25, -0.2) is 0 Å². The summed E-state index contributed by atoms with van der Waals surface area (Å²) in [5.41, 5.74) is 2.50. The number of fused-ring (bicyclic) bond motifs is 1. The Morgan fingerprint density at radius 3 is 2.38 bits per heavy atom. The molecule has 0 saturated carbocycles. The van der Waals surface area contributed by atoms with Crippen LogP contribution in [0.2, 0.25) is 0 Å². The van der Waals surface area contributed by atoms with E-state index >= 15 is 0 Å². The number of methoxy groups -OCH3 is 2. The van der Waals surface area contributed by atoms with Crippen molar-refractivity contribution in [3.05, 3.63) is 23.3 Å². The Balaban J connectivity index is 2.03. The predicted molar refractivity (Wildman–Crippen MR) is 108 cm³/mol. The molecule has 0 saturated heterocycles. The first kappa shape index (κ1) is 20.6. The van der Waals surface area contributed by atoms with Crippen LogP contribution >= 0.6 is 0 Å². The van der Waals surface area contributed by atoms with E-state index in [2.05, 4.69) is 21.3 Å². The zero-order chi connectivity index (χ0) is 19.3. The molecule has 146 valence electrons. The van der Waals surface area contributed by atoms with Crippen molar-refractivity contribution in [1.29, 1.82) is 0 Å². The fraction of sp³-hybridized carbons (Fsp3) is 0.632. The van der Waals surface area contributed by atoms with Crippen molar-refractivity contribution in [3.63, 3.8) is 0 Å². The van der Waals surface area contributed by atoms with E-state index < -0.39 is 10.8 Å². The van der Waals surface area contributed by atoms with Gasteiger partial charge < -0.3 is 19.7 Å². The molecule has 1 unspecified atom stereocenters. The van der Waals surface area contributed by atoms with E-state index in [9.17, 15) is 4.21 Å². The van der Waals surface area contributed by atoms with Gasteiger partial charge in [-0.05, 0) is 50.5 Å². The number of nitrogens with zero attached hydrogens (tertiary/aromatic N) is 2. The molecule has 1 aromatic carbocycles. The lowest BCUT2D eigenvalue weighted by atomic mass is 9.99. The lowest BCUT2D eigenvalue weighted by molar-refractivity contribution is 0.346. The molecule has 1 aliphatic rings. The molecule has 26 heavy (non-hydrogen) atoms. The summed E-state index contributed by atoms with van der Waals surface area (Å²) in [6.45, 7) is 8.29. The molecule has 1 aliphatic heterocycles. The maximum atomic E-state index is 12.2. The van der Waals surface area contributed by atoms with Crippen LogP contribution in [-0.2, 0) is 23.8 Å². The van der Waals surface area contributed by atoms with Crippen LogP contribution in [0.25, 0.3) is 0 Å². The molecule has 1 heterocycles. The fourth-order valence-electron chi connectivity index (χ4n) is 2.96. The highest BCUT2D eigenvalue weighted by Crippen LogP contribution is 2.33. The molecule has 0 radical (unpaired) electrons. The van der Waals surface area contributed by atoms with Gasteiger partial charge in [0, 0.05) is 48.0 Å². The van der Waals surface area contributed by atoms with E-state index in [0.717, 1.165) is 37.0 Å². The standard InChI is InChI=1S/C19H31N3O3S/c1-19(2,3)26(23)10-8-21-18(20-4)22-9-7-14-11-16(24-5)17(25-6)12-15(14)13-22/h11-12H,7-10,13H2,1-6H3,(H,20,21). The Bertz CT molecular complexity index is 683. The molecule has 0 aromatic heterocycles. The average Bonchev–Trinajstić information content (AvgIpc) is 2.62. The molecule has 0 spiro atoms. The summed E-state index contributed by atoms with van der Waals surface area (Å²) in [7, 11) is 4.23. The Morgan fingerprint density at radius 1 is 1.23 bits per heavy atom. The molecule has 0 aliphatic carbocycles. The number of guanidine groups is 1. The third kappa shape index (κ3) is 4.90. The van der Waals surface area contributed by atoms with Gasteiger partial charge in [-0.2, -0.15) is 0 Å². The number of ether oxygens (including phenoxy) is 2. The highest BCUT2D eigenvalue weighted by molar-refractivity contribution is 7.86. The third-order valence-corrected chi connectivity index (χ3v) is 6.42. The lowest BCUT2D eigenvalue weighted by Gasteiger charge is -2.32. The Morgan fingerprint density at radius 2 is 1.85 bits per heavy atom. The number of aliphatic imine (C=N–C) groups is 1. The molecule has 2 rings (SSSR count). The third-order valence-electron chi connectivity index (χ3n) is 4.48. The molecule has 0 bridgehead atoms. The van der Waals surface area contributed by atoms with Crippen LogP contribution in [0, 0.1) is 0 Å². The molecule has 1 atom stereocenters. The van der Waals surface area contributed by atoms with E-state index in [-0.39, 0.29) is 4.75 Å². The van der Waals surface area contributed by atoms with Crippen LogP contribution in [0.1, 0.15) is 31.9 Å². The Hall–Kier alpha value is -1.76. The summed E-state index contributed by atoms with van der Waals surface area (Å²) >= 11 is 0. The van der Waals surface area contributed by atoms with Gasteiger partial charge in [-0.1, -0.05) is 0 Å². The molecular formula is C19H31N3O3S. The first-order chi connectivity index (χ1) is 12.3. The quantitative estimate of drug-likeness (QED) is 0.626. The van der Waals surface area contributed by atoms with E-state index in [1.54, 1.807) is 21.3 Å². The van der Waals surface area contributed by atoms with Crippen LogP contribution in [0.4, 0.5) is 0 Å². The topological polar surface area (TPSA) is 63.2 Å². The van der Waals surface area contributed by atoms with Crippen molar-refractivity contribution in [2.75, 3.05) is 40.1 Å². The fourth-order valence-corrected chi connectivity index (χ4v) is 3.86. The maximum absolute atomic E-state index is 12.2. The van der Waals surface area contributed by atoms with Crippen LogP contribution in [0.5, 0.6) is 11.5 Å². The van der Waals surface area contributed by atoms with Gasteiger partial charge in [-0.15, -0.1) is 0 Å². The first-order valence-electron chi connectivity index (χ1n) is 8.88. The van der Waals surface area contributed by atoms with Crippen molar-refractivity contribution in [1.82, 2.24) is 10.2 Å². The lowest BCUT2D eigenvalue weighted by Crippen LogP contribution is -2.45. The minimum Gasteiger partial charge on any atom is -0.493 e.